The predicted octanol–water partition coefficient (Wildman–Crippen LogP) is 2.10. The molecule has 0 radical (unpaired) electrons. The van der Waals surface area contributed by atoms with Gasteiger partial charge in [-0.3, -0.25) is 4.57 Å². The normalized spacial score (nSPS) is 14.1. The summed E-state index contributed by atoms with van der Waals surface area (Å²) < 4.78 is 41.4. The maximum atomic E-state index is 12.8. The minimum absolute atomic E-state index is 0.00810. The Balaban J connectivity index is 1.54. The van der Waals surface area contributed by atoms with Crippen LogP contribution in [0.15, 0.2) is 45.4 Å². The third kappa shape index (κ3) is 4.00. The molecule has 1 saturated carbocycles. The topological polar surface area (TPSA) is 104 Å². The number of nitrogens with zero attached hydrogens (tertiary/aromatic N) is 3. The molecule has 30 heavy (non-hydrogen) atoms. The SMILES string of the molecule is COc1ccc(OC)c(S(=O)(=O)NCCn2nc(-c3cccs3)n(C3CC3)c2=O)c1. The van der Waals surface area contributed by atoms with Crippen LogP contribution in [-0.2, 0) is 16.6 Å². The second-order valence-corrected chi connectivity index (χ2v) is 9.51. The average molecular weight is 451 g/mol. The number of rotatable bonds is 9. The molecule has 1 N–H and O–H groups in total. The van der Waals surface area contributed by atoms with Gasteiger partial charge in [0.05, 0.1) is 25.6 Å². The molecule has 0 atom stereocenters. The van der Waals surface area contributed by atoms with E-state index in [1.165, 1.54) is 42.4 Å². The van der Waals surface area contributed by atoms with Crippen LogP contribution in [0.3, 0.4) is 0 Å². The number of benzene rings is 1. The van der Waals surface area contributed by atoms with Gasteiger partial charge < -0.3 is 9.47 Å². The molecule has 4 rings (SSSR count). The van der Waals surface area contributed by atoms with Gasteiger partial charge in [0.1, 0.15) is 16.4 Å². The largest absolute Gasteiger partial charge is 0.497 e. The number of hydrogen-bond acceptors (Lipinski definition) is 7. The van der Waals surface area contributed by atoms with Crippen LogP contribution in [0.1, 0.15) is 18.9 Å². The lowest BCUT2D eigenvalue weighted by Crippen LogP contribution is -2.32. The predicted molar refractivity (Wildman–Crippen MR) is 113 cm³/mol. The Bertz CT molecular complexity index is 1190. The Morgan fingerprint density at radius 2 is 2.03 bits per heavy atom. The molecule has 1 fully saturated rings. The summed E-state index contributed by atoms with van der Waals surface area (Å²) in [4.78, 5) is 13.7. The molecular formula is C19H22N4O5S2. The highest BCUT2D eigenvalue weighted by Gasteiger charge is 2.30. The molecule has 0 aliphatic heterocycles. The molecule has 1 aliphatic rings. The minimum Gasteiger partial charge on any atom is -0.497 e. The standard InChI is InChI=1S/C19H22N4O5S2/c1-27-14-7-8-15(28-2)17(12-14)30(25,26)20-9-10-22-19(24)23(13-5-6-13)18(21-22)16-4-3-11-29-16/h3-4,7-8,11-13,20H,5-6,9-10H2,1-2H3. The molecule has 1 aliphatic carbocycles. The Labute approximate surface area is 177 Å². The Morgan fingerprint density at radius 1 is 1.23 bits per heavy atom. The average Bonchev–Trinajstić information content (AvgIpc) is 3.31. The summed E-state index contributed by atoms with van der Waals surface area (Å²) in [7, 11) is -1.01. The summed E-state index contributed by atoms with van der Waals surface area (Å²) in [6, 6.07) is 8.55. The van der Waals surface area contributed by atoms with E-state index in [9.17, 15) is 13.2 Å². The van der Waals surface area contributed by atoms with Gasteiger partial charge in [-0.05, 0) is 36.4 Å². The first-order valence-electron chi connectivity index (χ1n) is 9.39. The van der Waals surface area contributed by atoms with E-state index in [-0.39, 0.29) is 35.5 Å². The third-order valence-electron chi connectivity index (χ3n) is 4.80. The van der Waals surface area contributed by atoms with Crippen molar-refractivity contribution in [3.63, 3.8) is 0 Å². The fourth-order valence-corrected chi connectivity index (χ4v) is 5.07. The van der Waals surface area contributed by atoms with Crippen molar-refractivity contribution in [3.8, 4) is 22.2 Å². The molecule has 2 aromatic heterocycles. The summed E-state index contributed by atoms with van der Waals surface area (Å²) in [6.07, 6.45) is 1.90. The minimum atomic E-state index is -3.87. The van der Waals surface area contributed by atoms with E-state index in [2.05, 4.69) is 9.82 Å². The zero-order valence-corrected chi connectivity index (χ0v) is 18.2. The van der Waals surface area contributed by atoms with Gasteiger partial charge in [0.25, 0.3) is 0 Å². The van der Waals surface area contributed by atoms with Crippen molar-refractivity contribution in [3.05, 3.63) is 46.2 Å². The molecule has 0 spiro atoms. The number of hydrogen-bond donors (Lipinski definition) is 1. The lowest BCUT2D eigenvalue weighted by molar-refractivity contribution is 0.392. The number of methoxy groups -OCH3 is 2. The number of sulfonamides is 1. The van der Waals surface area contributed by atoms with E-state index >= 15 is 0 Å². The van der Waals surface area contributed by atoms with Crippen LogP contribution < -0.4 is 19.9 Å². The molecule has 1 aromatic carbocycles. The van der Waals surface area contributed by atoms with Crippen LogP contribution >= 0.6 is 11.3 Å². The molecule has 0 bridgehead atoms. The summed E-state index contributed by atoms with van der Waals surface area (Å²) >= 11 is 1.52. The van der Waals surface area contributed by atoms with E-state index in [0.29, 0.717) is 11.6 Å². The zero-order chi connectivity index (χ0) is 21.3. The van der Waals surface area contributed by atoms with Gasteiger partial charge in [0.2, 0.25) is 10.0 Å². The summed E-state index contributed by atoms with van der Waals surface area (Å²) in [6.45, 7) is 0.122. The van der Waals surface area contributed by atoms with E-state index in [1.807, 2.05) is 17.5 Å². The van der Waals surface area contributed by atoms with Crippen molar-refractivity contribution in [2.75, 3.05) is 20.8 Å². The number of nitrogens with one attached hydrogen (secondary N) is 1. The summed E-state index contributed by atoms with van der Waals surface area (Å²) in [5, 5.41) is 6.40. The molecule has 0 saturated heterocycles. The molecule has 11 heteroatoms. The van der Waals surface area contributed by atoms with Crippen molar-refractivity contribution in [2.45, 2.75) is 30.3 Å². The molecule has 2 heterocycles. The van der Waals surface area contributed by atoms with Crippen molar-refractivity contribution in [1.29, 1.82) is 0 Å². The maximum Gasteiger partial charge on any atom is 0.346 e. The Hall–Kier alpha value is -2.63. The molecule has 0 amide bonds. The van der Waals surface area contributed by atoms with Crippen molar-refractivity contribution in [1.82, 2.24) is 19.1 Å². The van der Waals surface area contributed by atoms with Crippen LogP contribution in [0.4, 0.5) is 0 Å². The van der Waals surface area contributed by atoms with E-state index in [0.717, 1.165) is 17.7 Å². The Kier molecular flexibility index (Phi) is 5.67. The molecule has 160 valence electrons. The molecule has 3 aromatic rings. The van der Waals surface area contributed by atoms with E-state index in [1.54, 1.807) is 10.6 Å². The first kappa shape index (κ1) is 20.6. The summed E-state index contributed by atoms with van der Waals surface area (Å²) in [5.41, 5.74) is -0.223. The first-order chi connectivity index (χ1) is 14.4. The van der Waals surface area contributed by atoms with Crippen LogP contribution in [0, 0.1) is 0 Å². The van der Waals surface area contributed by atoms with E-state index < -0.39 is 10.0 Å². The second-order valence-electron chi connectivity index (χ2n) is 6.82. The van der Waals surface area contributed by atoms with Gasteiger partial charge in [-0.2, -0.15) is 0 Å². The van der Waals surface area contributed by atoms with Gasteiger partial charge >= 0.3 is 5.69 Å². The lowest BCUT2D eigenvalue weighted by atomic mass is 10.3. The van der Waals surface area contributed by atoms with Gasteiger partial charge in [-0.25, -0.2) is 22.6 Å². The number of aromatic nitrogens is 3. The Morgan fingerprint density at radius 3 is 2.67 bits per heavy atom. The fourth-order valence-electron chi connectivity index (χ4n) is 3.16. The van der Waals surface area contributed by atoms with Crippen LogP contribution in [0.25, 0.3) is 10.7 Å². The monoisotopic (exact) mass is 450 g/mol. The van der Waals surface area contributed by atoms with Crippen molar-refractivity contribution in [2.24, 2.45) is 0 Å². The second kappa shape index (κ2) is 8.25. The zero-order valence-electron chi connectivity index (χ0n) is 16.6. The highest BCUT2D eigenvalue weighted by molar-refractivity contribution is 7.89. The van der Waals surface area contributed by atoms with Crippen molar-refractivity contribution >= 4 is 21.4 Å². The molecule has 9 nitrogen and oxygen atoms in total. The highest BCUT2D eigenvalue weighted by atomic mass is 32.2. The van der Waals surface area contributed by atoms with Crippen LogP contribution in [-0.4, -0.2) is 43.5 Å². The van der Waals surface area contributed by atoms with Crippen LogP contribution in [0.5, 0.6) is 11.5 Å². The fraction of sp³-hybridized carbons (Fsp3) is 0.368. The quantitative estimate of drug-likeness (QED) is 0.535. The first-order valence-corrected chi connectivity index (χ1v) is 11.8. The maximum absolute atomic E-state index is 12.8. The van der Waals surface area contributed by atoms with Gasteiger partial charge in [-0.15, -0.1) is 16.4 Å². The summed E-state index contributed by atoms with van der Waals surface area (Å²) in [5.74, 6) is 1.24. The number of ether oxygens (including phenoxy) is 2. The van der Waals surface area contributed by atoms with Gasteiger partial charge in [0.15, 0.2) is 5.82 Å². The number of thiophene rings is 1. The van der Waals surface area contributed by atoms with Gasteiger partial charge in [-0.1, -0.05) is 6.07 Å². The van der Waals surface area contributed by atoms with Gasteiger partial charge in [0, 0.05) is 18.7 Å². The van der Waals surface area contributed by atoms with Crippen LogP contribution in [0.2, 0.25) is 0 Å². The van der Waals surface area contributed by atoms with E-state index in [4.69, 9.17) is 9.47 Å². The third-order valence-corrected chi connectivity index (χ3v) is 7.15. The highest BCUT2D eigenvalue weighted by Crippen LogP contribution is 2.37. The molecular weight excluding hydrogens is 428 g/mol. The lowest BCUT2D eigenvalue weighted by Gasteiger charge is -2.12. The van der Waals surface area contributed by atoms with Crippen molar-refractivity contribution < 1.29 is 17.9 Å². The smallest absolute Gasteiger partial charge is 0.346 e. The molecule has 0 unspecified atom stereocenters.